The molecule has 0 saturated carbocycles. The third-order valence-corrected chi connectivity index (χ3v) is 2.68. The number of hydrogen-bond acceptors (Lipinski definition) is 1. The van der Waals surface area contributed by atoms with Crippen LogP contribution in [0.4, 0.5) is 0 Å². The van der Waals surface area contributed by atoms with Gasteiger partial charge in [0, 0.05) is 11.5 Å². The lowest BCUT2D eigenvalue weighted by Crippen LogP contribution is -2.27. The highest BCUT2D eigenvalue weighted by Gasteiger charge is 2.03. The summed E-state index contributed by atoms with van der Waals surface area (Å²) in [6, 6.07) is 8.29. The molecule has 19 heavy (non-hydrogen) atoms. The van der Waals surface area contributed by atoms with Gasteiger partial charge in [-0.25, -0.2) is 0 Å². The first kappa shape index (κ1) is 15.3. The molecule has 2 heteroatoms. The molecule has 1 rings (SSSR count). The van der Waals surface area contributed by atoms with Crippen LogP contribution in [0.15, 0.2) is 24.3 Å². The minimum Gasteiger partial charge on any atom is -0.345 e. The van der Waals surface area contributed by atoms with Crippen LogP contribution in [-0.2, 0) is 11.2 Å². The third kappa shape index (κ3) is 6.10. The first-order valence-electron chi connectivity index (χ1n) is 6.84. The van der Waals surface area contributed by atoms with Crippen molar-refractivity contribution in [2.45, 2.75) is 34.1 Å². The molecule has 0 aliphatic heterocycles. The van der Waals surface area contributed by atoms with Gasteiger partial charge in [-0.15, -0.1) is 0 Å². The van der Waals surface area contributed by atoms with E-state index in [4.69, 9.17) is 0 Å². The first-order chi connectivity index (χ1) is 8.99. The lowest BCUT2D eigenvalue weighted by atomic mass is 10.0. The van der Waals surface area contributed by atoms with Crippen molar-refractivity contribution < 1.29 is 4.79 Å². The molecule has 0 spiro atoms. The van der Waals surface area contributed by atoms with Crippen molar-refractivity contribution in [2.75, 3.05) is 6.54 Å². The smallest absolute Gasteiger partial charge is 0.223 e. The molecule has 0 heterocycles. The van der Waals surface area contributed by atoms with Gasteiger partial charge in [0.15, 0.2) is 0 Å². The average molecular weight is 257 g/mol. The summed E-state index contributed by atoms with van der Waals surface area (Å²) in [5, 5.41) is 2.79. The number of carbonyl (C=O) groups is 1. The maximum absolute atomic E-state index is 11.4. The molecule has 1 amide bonds. The van der Waals surface area contributed by atoms with E-state index in [-0.39, 0.29) is 11.8 Å². The zero-order valence-electron chi connectivity index (χ0n) is 12.3. The quantitative estimate of drug-likeness (QED) is 0.825. The van der Waals surface area contributed by atoms with Crippen LogP contribution < -0.4 is 5.32 Å². The van der Waals surface area contributed by atoms with Crippen LogP contribution in [0.5, 0.6) is 0 Å². The summed E-state index contributed by atoms with van der Waals surface area (Å²) < 4.78 is 0. The number of hydrogen-bond donors (Lipinski definition) is 1. The SMILES string of the molecule is CC(C)Cc1cccc(C#CCNC(=O)C(C)C)c1. The molecule has 0 bridgehead atoms. The zero-order chi connectivity index (χ0) is 14.3. The lowest BCUT2D eigenvalue weighted by molar-refractivity contribution is -0.123. The maximum Gasteiger partial charge on any atom is 0.223 e. The summed E-state index contributed by atoms with van der Waals surface area (Å²) in [5.41, 5.74) is 2.32. The maximum atomic E-state index is 11.4. The Kier molecular flexibility index (Phi) is 6.15. The predicted molar refractivity (Wildman–Crippen MR) is 79.7 cm³/mol. The van der Waals surface area contributed by atoms with Crippen LogP contribution in [-0.4, -0.2) is 12.5 Å². The number of rotatable bonds is 4. The second-order valence-electron chi connectivity index (χ2n) is 5.47. The van der Waals surface area contributed by atoms with Crippen molar-refractivity contribution in [3.05, 3.63) is 35.4 Å². The Bertz CT molecular complexity index is 478. The van der Waals surface area contributed by atoms with Gasteiger partial charge in [0.25, 0.3) is 0 Å². The Morgan fingerprint density at radius 3 is 2.63 bits per heavy atom. The predicted octanol–water partition coefficient (Wildman–Crippen LogP) is 3.01. The molecule has 0 saturated heterocycles. The second-order valence-corrected chi connectivity index (χ2v) is 5.47. The van der Waals surface area contributed by atoms with Crippen LogP contribution in [0.3, 0.4) is 0 Å². The monoisotopic (exact) mass is 257 g/mol. The summed E-state index contributed by atoms with van der Waals surface area (Å²) in [4.78, 5) is 11.4. The Morgan fingerprint density at radius 2 is 2.00 bits per heavy atom. The van der Waals surface area contributed by atoms with Crippen molar-refractivity contribution in [1.82, 2.24) is 5.32 Å². The summed E-state index contributed by atoms with van der Waals surface area (Å²) in [7, 11) is 0. The molecule has 2 nitrogen and oxygen atoms in total. The molecule has 0 radical (unpaired) electrons. The number of benzene rings is 1. The van der Waals surface area contributed by atoms with E-state index in [2.05, 4.69) is 43.1 Å². The largest absolute Gasteiger partial charge is 0.345 e. The Hall–Kier alpha value is -1.75. The van der Waals surface area contributed by atoms with E-state index in [1.807, 2.05) is 26.0 Å². The molecule has 0 atom stereocenters. The average Bonchev–Trinajstić information content (AvgIpc) is 2.34. The summed E-state index contributed by atoms with van der Waals surface area (Å²) in [6.45, 7) is 8.57. The van der Waals surface area contributed by atoms with Gasteiger partial charge in [-0.3, -0.25) is 4.79 Å². The molecular weight excluding hydrogens is 234 g/mol. The fourth-order valence-electron chi connectivity index (χ4n) is 1.73. The fourth-order valence-corrected chi connectivity index (χ4v) is 1.73. The van der Waals surface area contributed by atoms with E-state index in [9.17, 15) is 4.79 Å². The number of nitrogens with one attached hydrogen (secondary N) is 1. The van der Waals surface area contributed by atoms with E-state index in [0.29, 0.717) is 12.5 Å². The first-order valence-corrected chi connectivity index (χ1v) is 6.84. The molecular formula is C17H23NO. The van der Waals surface area contributed by atoms with Crippen molar-refractivity contribution in [1.29, 1.82) is 0 Å². The Balaban J connectivity index is 2.55. The Labute approximate surface area is 116 Å². The highest BCUT2D eigenvalue weighted by molar-refractivity contribution is 5.78. The van der Waals surface area contributed by atoms with Gasteiger partial charge in [0.05, 0.1) is 6.54 Å². The minimum absolute atomic E-state index is 0.0103. The van der Waals surface area contributed by atoms with Crippen molar-refractivity contribution in [2.24, 2.45) is 11.8 Å². The standard InChI is InChI=1S/C17H23NO/c1-13(2)11-16-8-5-7-15(12-16)9-6-10-18-17(19)14(3)4/h5,7-8,12-14H,10-11H2,1-4H3,(H,18,19). The normalized spacial score (nSPS) is 10.2. The Morgan fingerprint density at radius 1 is 1.26 bits per heavy atom. The molecule has 0 aromatic heterocycles. The summed E-state index contributed by atoms with van der Waals surface area (Å²) in [6.07, 6.45) is 1.07. The molecule has 0 aliphatic carbocycles. The van der Waals surface area contributed by atoms with Crippen LogP contribution in [0, 0.1) is 23.7 Å². The van der Waals surface area contributed by atoms with Crippen molar-refractivity contribution in [3.8, 4) is 11.8 Å². The molecule has 0 unspecified atom stereocenters. The van der Waals surface area contributed by atoms with Crippen LogP contribution >= 0.6 is 0 Å². The highest BCUT2D eigenvalue weighted by Crippen LogP contribution is 2.09. The summed E-state index contributed by atoms with van der Waals surface area (Å²) in [5.74, 6) is 6.78. The molecule has 1 N–H and O–H groups in total. The van der Waals surface area contributed by atoms with Gasteiger partial charge in [0.2, 0.25) is 5.91 Å². The molecule has 1 aromatic rings. The van der Waals surface area contributed by atoms with E-state index >= 15 is 0 Å². The van der Waals surface area contributed by atoms with Crippen LogP contribution in [0.1, 0.15) is 38.8 Å². The zero-order valence-corrected chi connectivity index (χ0v) is 12.3. The van der Waals surface area contributed by atoms with Gasteiger partial charge < -0.3 is 5.32 Å². The number of amides is 1. The van der Waals surface area contributed by atoms with Gasteiger partial charge in [-0.1, -0.05) is 51.7 Å². The van der Waals surface area contributed by atoms with E-state index in [1.54, 1.807) is 0 Å². The molecule has 102 valence electrons. The van der Waals surface area contributed by atoms with Crippen LogP contribution in [0.25, 0.3) is 0 Å². The molecule has 0 aliphatic rings. The second kappa shape index (κ2) is 7.63. The van der Waals surface area contributed by atoms with Gasteiger partial charge in [-0.05, 0) is 30.0 Å². The lowest BCUT2D eigenvalue weighted by Gasteiger charge is -2.05. The van der Waals surface area contributed by atoms with E-state index < -0.39 is 0 Å². The topological polar surface area (TPSA) is 29.1 Å². The van der Waals surface area contributed by atoms with Crippen molar-refractivity contribution >= 4 is 5.91 Å². The number of carbonyl (C=O) groups excluding carboxylic acids is 1. The van der Waals surface area contributed by atoms with Gasteiger partial charge in [-0.2, -0.15) is 0 Å². The fraction of sp³-hybridized carbons (Fsp3) is 0.471. The summed E-state index contributed by atoms with van der Waals surface area (Å²) >= 11 is 0. The van der Waals surface area contributed by atoms with Gasteiger partial charge >= 0.3 is 0 Å². The van der Waals surface area contributed by atoms with Crippen LogP contribution in [0.2, 0.25) is 0 Å². The van der Waals surface area contributed by atoms with Crippen molar-refractivity contribution in [3.63, 3.8) is 0 Å². The van der Waals surface area contributed by atoms with E-state index in [0.717, 1.165) is 12.0 Å². The highest BCUT2D eigenvalue weighted by atomic mass is 16.1. The third-order valence-electron chi connectivity index (χ3n) is 2.68. The van der Waals surface area contributed by atoms with E-state index in [1.165, 1.54) is 5.56 Å². The molecule has 1 aromatic carbocycles. The molecule has 0 fully saturated rings. The minimum atomic E-state index is 0.0103. The van der Waals surface area contributed by atoms with Gasteiger partial charge in [0.1, 0.15) is 0 Å².